The van der Waals surface area contributed by atoms with Gasteiger partial charge in [-0.05, 0) is 30.7 Å². The third kappa shape index (κ3) is 1.44. The maximum atomic E-state index is 12.8. The smallest absolute Gasteiger partial charge is 0.313 e. The number of hydrogen-bond donors (Lipinski definition) is 1. The zero-order chi connectivity index (χ0) is 10.1. The first-order chi connectivity index (χ1) is 6.66. The Morgan fingerprint density at radius 3 is 2.71 bits per heavy atom. The van der Waals surface area contributed by atoms with Crippen LogP contribution in [0.2, 0.25) is 0 Å². The van der Waals surface area contributed by atoms with Gasteiger partial charge in [0.25, 0.3) is 0 Å². The SMILES string of the molecule is Cc1cc(F)ccc1-c1nnc(N)o1. The average molecular weight is 193 g/mol. The minimum atomic E-state index is -0.293. The van der Waals surface area contributed by atoms with E-state index in [0.29, 0.717) is 11.5 Å². The molecule has 0 radical (unpaired) electrons. The van der Waals surface area contributed by atoms with Crippen molar-refractivity contribution in [2.75, 3.05) is 5.73 Å². The molecule has 0 fully saturated rings. The maximum absolute atomic E-state index is 12.8. The zero-order valence-electron chi connectivity index (χ0n) is 7.49. The molecule has 0 saturated heterocycles. The first-order valence-electron chi connectivity index (χ1n) is 4.02. The van der Waals surface area contributed by atoms with E-state index in [9.17, 15) is 4.39 Å². The minimum Gasteiger partial charge on any atom is -0.404 e. The molecule has 1 heterocycles. The lowest BCUT2D eigenvalue weighted by Crippen LogP contribution is -1.85. The van der Waals surface area contributed by atoms with Crippen molar-refractivity contribution < 1.29 is 8.81 Å². The molecular formula is C9H8FN3O. The highest BCUT2D eigenvalue weighted by Crippen LogP contribution is 2.22. The van der Waals surface area contributed by atoms with E-state index in [0.717, 1.165) is 5.56 Å². The van der Waals surface area contributed by atoms with Crippen LogP contribution >= 0.6 is 0 Å². The summed E-state index contributed by atoms with van der Waals surface area (Å²) in [6.45, 7) is 1.76. The Hall–Kier alpha value is -1.91. The summed E-state index contributed by atoms with van der Waals surface area (Å²) in [7, 11) is 0. The predicted octanol–water partition coefficient (Wildman–Crippen LogP) is 1.77. The third-order valence-corrected chi connectivity index (χ3v) is 1.86. The lowest BCUT2D eigenvalue weighted by molar-refractivity contribution is 0.588. The standard InChI is InChI=1S/C9H8FN3O/c1-5-4-6(10)2-3-7(5)8-12-13-9(11)14-8/h2-4H,1H3,(H2,11,13). The number of benzene rings is 1. The van der Waals surface area contributed by atoms with E-state index in [1.807, 2.05) is 0 Å². The Morgan fingerprint density at radius 1 is 1.36 bits per heavy atom. The lowest BCUT2D eigenvalue weighted by Gasteiger charge is -1.99. The second-order valence-electron chi connectivity index (χ2n) is 2.90. The van der Waals surface area contributed by atoms with Crippen LogP contribution in [0.3, 0.4) is 0 Å². The van der Waals surface area contributed by atoms with Crippen molar-refractivity contribution >= 4 is 6.01 Å². The fourth-order valence-corrected chi connectivity index (χ4v) is 1.21. The second-order valence-corrected chi connectivity index (χ2v) is 2.90. The van der Waals surface area contributed by atoms with E-state index in [1.54, 1.807) is 13.0 Å². The number of hydrogen-bond acceptors (Lipinski definition) is 4. The summed E-state index contributed by atoms with van der Waals surface area (Å²) in [6, 6.07) is 4.32. The molecule has 0 spiro atoms. The highest BCUT2D eigenvalue weighted by Gasteiger charge is 2.09. The second kappa shape index (κ2) is 3.10. The molecule has 0 unspecified atom stereocenters. The van der Waals surface area contributed by atoms with Gasteiger partial charge in [0.15, 0.2) is 0 Å². The van der Waals surface area contributed by atoms with Crippen molar-refractivity contribution in [3.63, 3.8) is 0 Å². The molecule has 72 valence electrons. The van der Waals surface area contributed by atoms with Crippen LogP contribution in [0.15, 0.2) is 22.6 Å². The molecule has 4 nitrogen and oxygen atoms in total. The molecule has 0 amide bonds. The van der Waals surface area contributed by atoms with Crippen LogP contribution in [0.4, 0.5) is 10.4 Å². The monoisotopic (exact) mass is 193 g/mol. The van der Waals surface area contributed by atoms with Crippen LogP contribution in [0.25, 0.3) is 11.5 Å². The molecule has 5 heteroatoms. The normalized spacial score (nSPS) is 10.4. The molecule has 2 N–H and O–H groups in total. The summed E-state index contributed by atoms with van der Waals surface area (Å²) < 4.78 is 17.8. The minimum absolute atomic E-state index is 0.00345. The van der Waals surface area contributed by atoms with Gasteiger partial charge in [-0.15, -0.1) is 5.10 Å². The number of halogens is 1. The van der Waals surface area contributed by atoms with Crippen molar-refractivity contribution in [1.82, 2.24) is 10.2 Å². The van der Waals surface area contributed by atoms with E-state index < -0.39 is 0 Å². The van der Waals surface area contributed by atoms with Crippen molar-refractivity contribution in [3.8, 4) is 11.5 Å². The number of nitrogens with zero attached hydrogens (tertiary/aromatic N) is 2. The first kappa shape index (κ1) is 8.68. The van der Waals surface area contributed by atoms with Gasteiger partial charge in [0, 0.05) is 5.56 Å². The molecule has 2 aromatic rings. The predicted molar refractivity (Wildman–Crippen MR) is 48.8 cm³/mol. The largest absolute Gasteiger partial charge is 0.404 e. The first-order valence-corrected chi connectivity index (χ1v) is 4.02. The van der Waals surface area contributed by atoms with Crippen molar-refractivity contribution in [3.05, 3.63) is 29.6 Å². The van der Waals surface area contributed by atoms with E-state index in [1.165, 1.54) is 12.1 Å². The van der Waals surface area contributed by atoms with E-state index in [-0.39, 0.29) is 11.8 Å². The van der Waals surface area contributed by atoms with Gasteiger partial charge in [-0.2, -0.15) is 0 Å². The Labute approximate surface area is 79.6 Å². The molecule has 14 heavy (non-hydrogen) atoms. The number of anilines is 1. The molecule has 1 aromatic carbocycles. The van der Waals surface area contributed by atoms with Crippen LogP contribution in [-0.2, 0) is 0 Å². The van der Waals surface area contributed by atoms with Gasteiger partial charge >= 0.3 is 6.01 Å². The van der Waals surface area contributed by atoms with Crippen molar-refractivity contribution in [2.45, 2.75) is 6.92 Å². The number of aryl methyl sites for hydroxylation is 1. The third-order valence-electron chi connectivity index (χ3n) is 1.86. The number of nitrogen functional groups attached to an aromatic ring is 1. The average Bonchev–Trinajstić information content (AvgIpc) is 2.51. The molecule has 1 aromatic heterocycles. The van der Waals surface area contributed by atoms with E-state index >= 15 is 0 Å². The van der Waals surface area contributed by atoms with E-state index in [4.69, 9.17) is 10.2 Å². The molecule has 2 rings (SSSR count). The number of aromatic nitrogens is 2. The highest BCUT2D eigenvalue weighted by molar-refractivity contribution is 5.58. The quantitative estimate of drug-likeness (QED) is 0.749. The highest BCUT2D eigenvalue weighted by atomic mass is 19.1. The summed E-state index contributed by atoms with van der Waals surface area (Å²) in [6.07, 6.45) is 0. The summed E-state index contributed by atoms with van der Waals surface area (Å²) in [4.78, 5) is 0. The van der Waals surface area contributed by atoms with Gasteiger partial charge in [0.1, 0.15) is 5.82 Å². The summed E-state index contributed by atoms with van der Waals surface area (Å²) in [5.74, 6) is 0.0127. The van der Waals surface area contributed by atoms with Gasteiger partial charge < -0.3 is 10.2 Å². The Kier molecular flexibility index (Phi) is 1.92. The van der Waals surface area contributed by atoms with Gasteiger partial charge in [-0.1, -0.05) is 5.10 Å². The topological polar surface area (TPSA) is 64.9 Å². The van der Waals surface area contributed by atoms with Crippen LogP contribution in [0.5, 0.6) is 0 Å². The Bertz CT molecular complexity index is 467. The Balaban J connectivity index is 2.52. The van der Waals surface area contributed by atoms with Gasteiger partial charge in [-0.25, -0.2) is 4.39 Å². The molecule has 0 atom stereocenters. The summed E-state index contributed by atoms with van der Waals surface area (Å²) in [5, 5.41) is 7.24. The molecule has 0 saturated carbocycles. The molecule has 0 aliphatic rings. The van der Waals surface area contributed by atoms with E-state index in [2.05, 4.69) is 10.2 Å². The fourth-order valence-electron chi connectivity index (χ4n) is 1.21. The van der Waals surface area contributed by atoms with Crippen LogP contribution in [0, 0.1) is 12.7 Å². The number of nitrogens with two attached hydrogens (primary N) is 1. The van der Waals surface area contributed by atoms with Crippen molar-refractivity contribution in [2.24, 2.45) is 0 Å². The molecule has 0 bridgehead atoms. The fraction of sp³-hybridized carbons (Fsp3) is 0.111. The van der Waals surface area contributed by atoms with Gasteiger partial charge in [0.05, 0.1) is 0 Å². The van der Waals surface area contributed by atoms with Crippen LogP contribution in [0.1, 0.15) is 5.56 Å². The number of rotatable bonds is 1. The lowest BCUT2D eigenvalue weighted by atomic mass is 10.1. The Morgan fingerprint density at radius 2 is 2.14 bits per heavy atom. The van der Waals surface area contributed by atoms with Crippen molar-refractivity contribution in [1.29, 1.82) is 0 Å². The molecule has 0 aliphatic carbocycles. The molecule has 0 aliphatic heterocycles. The zero-order valence-corrected chi connectivity index (χ0v) is 7.49. The summed E-state index contributed by atoms with van der Waals surface area (Å²) in [5.41, 5.74) is 6.70. The van der Waals surface area contributed by atoms with Crippen LogP contribution < -0.4 is 5.73 Å². The van der Waals surface area contributed by atoms with Gasteiger partial charge in [0.2, 0.25) is 5.89 Å². The van der Waals surface area contributed by atoms with Crippen LogP contribution in [-0.4, -0.2) is 10.2 Å². The maximum Gasteiger partial charge on any atom is 0.313 e. The molecular weight excluding hydrogens is 185 g/mol. The summed E-state index contributed by atoms with van der Waals surface area (Å²) >= 11 is 0. The van der Waals surface area contributed by atoms with Gasteiger partial charge in [-0.3, -0.25) is 0 Å².